The molecule has 1 fully saturated rings. The predicted octanol–water partition coefficient (Wildman–Crippen LogP) is 2.68. The number of fused-ring (bicyclic) bond motifs is 1. The van der Waals surface area contributed by atoms with Crippen LogP contribution in [0, 0.1) is 0 Å². The second kappa shape index (κ2) is 8.07. The molecule has 0 unspecified atom stereocenters. The van der Waals surface area contributed by atoms with Crippen molar-refractivity contribution in [2.45, 2.75) is 25.4 Å². The number of benzene rings is 1. The summed E-state index contributed by atoms with van der Waals surface area (Å²) in [5.74, 6) is 0.736. The lowest BCUT2D eigenvalue weighted by Crippen LogP contribution is -2.45. The number of hydrogen-bond donors (Lipinski definition) is 1. The van der Waals surface area contributed by atoms with Crippen molar-refractivity contribution in [1.82, 2.24) is 25.0 Å². The molecule has 1 aliphatic rings. The van der Waals surface area contributed by atoms with Crippen molar-refractivity contribution >= 4 is 16.9 Å². The molecule has 0 radical (unpaired) electrons. The maximum absolute atomic E-state index is 12.5. The van der Waals surface area contributed by atoms with Crippen LogP contribution in [0.1, 0.15) is 12.8 Å². The first-order valence-corrected chi connectivity index (χ1v) is 9.30. The van der Waals surface area contributed by atoms with Crippen LogP contribution in [0.5, 0.6) is 5.75 Å². The number of carbonyl (C=O) groups excluding carboxylic acids is 1. The first-order valence-electron chi connectivity index (χ1n) is 9.30. The van der Waals surface area contributed by atoms with Crippen LogP contribution in [0.25, 0.3) is 10.9 Å². The smallest absolute Gasteiger partial charge is 0.317 e. The largest absolute Gasteiger partial charge is 0.489 e. The van der Waals surface area contributed by atoms with E-state index in [0.29, 0.717) is 13.2 Å². The van der Waals surface area contributed by atoms with Gasteiger partial charge in [-0.25, -0.2) is 4.79 Å². The number of nitrogens with zero attached hydrogens (tertiary/aromatic N) is 4. The highest BCUT2D eigenvalue weighted by molar-refractivity contribution is 5.84. The summed E-state index contributed by atoms with van der Waals surface area (Å²) in [5.41, 5.74) is 0.838. The summed E-state index contributed by atoms with van der Waals surface area (Å²) in [5, 5.41) is 8.24. The summed E-state index contributed by atoms with van der Waals surface area (Å²) in [7, 11) is 0. The van der Waals surface area contributed by atoms with Crippen molar-refractivity contribution in [2.24, 2.45) is 0 Å². The molecule has 1 atom stereocenters. The minimum Gasteiger partial charge on any atom is -0.489 e. The number of hydrogen-bond acceptors (Lipinski definition) is 4. The van der Waals surface area contributed by atoms with Crippen LogP contribution in [-0.4, -0.2) is 51.4 Å². The molecule has 4 rings (SSSR count). The zero-order valence-corrected chi connectivity index (χ0v) is 15.1. The highest BCUT2D eigenvalue weighted by Gasteiger charge is 2.28. The molecule has 0 saturated carbocycles. The monoisotopic (exact) mass is 365 g/mol. The highest BCUT2D eigenvalue weighted by atomic mass is 16.5. The Labute approximate surface area is 157 Å². The topological polar surface area (TPSA) is 72.3 Å². The summed E-state index contributed by atoms with van der Waals surface area (Å²) in [6.45, 7) is 2.37. The molecule has 140 valence electrons. The lowest BCUT2D eigenvalue weighted by atomic mass is 10.2. The van der Waals surface area contributed by atoms with E-state index >= 15 is 0 Å². The lowest BCUT2D eigenvalue weighted by molar-refractivity contribution is 0.183. The van der Waals surface area contributed by atoms with Gasteiger partial charge in [0.15, 0.2) is 0 Å². The molecular formula is C20H23N5O2. The Bertz CT molecular complexity index is 891. The summed E-state index contributed by atoms with van der Waals surface area (Å²) in [4.78, 5) is 18.8. The first-order chi connectivity index (χ1) is 13.3. The second-order valence-corrected chi connectivity index (χ2v) is 6.63. The van der Waals surface area contributed by atoms with Crippen molar-refractivity contribution in [1.29, 1.82) is 0 Å². The Morgan fingerprint density at radius 3 is 3.04 bits per heavy atom. The van der Waals surface area contributed by atoms with Gasteiger partial charge >= 0.3 is 6.03 Å². The predicted molar refractivity (Wildman–Crippen MR) is 103 cm³/mol. The van der Waals surface area contributed by atoms with E-state index in [4.69, 9.17) is 4.74 Å². The van der Waals surface area contributed by atoms with Crippen LogP contribution in [-0.2, 0) is 6.54 Å². The fourth-order valence-corrected chi connectivity index (χ4v) is 3.53. The molecule has 2 amide bonds. The van der Waals surface area contributed by atoms with E-state index in [1.54, 1.807) is 12.4 Å². The number of nitrogens with one attached hydrogen (secondary N) is 1. The average molecular weight is 365 g/mol. The van der Waals surface area contributed by atoms with Crippen molar-refractivity contribution in [3.8, 4) is 5.75 Å². The minimum atomic E-state index is -0.0377. The third kappa shape index (κ3) is 4.02. The van der Waals surface area contributed by atoms with E-state index in [-0.39, 0.29) is 12.1 Å². The van der Waals surface area contributed by atoms with E-state index < -0.39 is 0 Å². The van der Waals surface area contributed by atoms with E-state index in [1.165, 1.54) is 0 Å². The van der Waals surface area contributed by atoms with Gasteiger partial charge in [-0.2, -0.15) is 5.10 Å². The van der Waals surface area contributed by atoms with Gasteiger partial charge < -0.3 is 15.0 Å². The number of amides is 2. The molecule has 0 spiro atoms. The summed E-state index contributed by atoms with van der Waals surface area (Å²) < 4.78 is 7.72. The zero-order valence-electron chi connectivity index (χ0n) is 15.1. The number of pyridine rings is 1. The third-order valence-electron chi connectivity index (χ3n) is 4.83. The molecular weight excluding hydrogens is 342 g/mol. The first kappa shape index (κ1) is 17.3. The number of para-hydroxylation sites is 1. The fourth-order valence-electron chi connectivity index (χ4n) is 3.53. The molecule has 0 aliphatic carbocycles. The molecule has 7 nitrogen and oxygen atoms in total. The molecule has 1 saturated heterocycles. The Balaban J connectivity index is 1.28. The summed E-state index contributed by atoms with van der Waals surface area (Å²) in [6, 6.07) is 11.8. The normalized spacial score (nSPS) is 16.6. The Morgan fingerprint density at radius 2 is 2.15 bits per heavy atom. The maximum atomic E-state index is 12.5. The zero-order chi connectivity index (χ0) is 18.5. The summed E-state index contributed by atoms with van der Waals surface area (Å²) in [6.07, 6.45) is 7.48. The molecule has 1 aromatic carbocycles. The van der Waals surface area contributed by atoms with Crippen LogP contribution in [0.15, 0.2) is 55.0 Å². The van der Waals surface area contributed by atoms with Crippen molar-refractivity contribution in [3.63, 3.8) is 0 Å². The van der Waals surface area contributed by atoms with Gasteiger partial charge in [-0.15, -0.1) is 0 Å². The number of aromatic nitrogens is 3. The molecule has 7 heteroatoms. The number of rotatable bonds is 6. The third-order valence-corrected chi connectivity index (χ3v) is 4.83. The van der Waals surface area contributed by atoms with Gasteiger partial charge in [-0.05, 0) is 31.0 Å². The summed E-state index contributed by atoms with van der Waals surface area (Å²) >= 11 is 0. The van der Waals surface area contributed by atoms with Gasteiger partial charge in [0.05, 0.1) is 19.1 Å². The Morgan fingerprint density at radius 1 is 1.22 bits per heavy atom. The van der Waals surface area contributed by atoms with Gasteiger partial charge in [0, 0.05) is 30.5 Å². The maximum Gasteiger partial charge on any atom is 0.317 e. The van der Waals surface area contributed by atoms with Crippen LogP contribution in [0.3, 0.4) is 0 Å². The van der Waals surface area contributed by atoms with Gasteiger partial charge in [0.1, 0.15) is 17.9 Å². The Kier molecular flexibility index (Phi) is 5.18. The highest BCUT2D eigenvalue weighted by Crippen LogP contribution is 2.22. The van der Waals surface area contributed by atoms with Gasteiger partial charge in [-0.1, -0.05) is 18.2 Å². The minimum absolute atomic E-state index is 0.0377. The molecule has 2 aromatic heterocycles. The molecule has 1 aliphatic heterocycles. The van der Waals surface area contributed by atoms with Crippen LogP contribution >= 0.6 is 0 Å². The molecule has 0 bridgehead atoms. The van der Waals surface area contributed by atoms with Crippen molar-refractivity contribution in [3.05, 3.63) is 55.0 Å². The molecule has 27 heavy (non-hydrogen) atoms. The SMILES string of the molecule is O=C(NCCOc1cccc2cccnc12)N1CCC[C@@H]1Cn1cccn1. The number of likely N-dealkylation sites (tertiary alicyclic amines) is 1. The van der Waals surface area contributed by atoms with Crippen molar-refractivity contribution in [2.75, 3.05) is 19.7 Å². The molecule has 3 heterocycles. The van der Waals surface area contributed by atoms with Crippen molar-refractivity contribution < 1.29 is 9.53 Å². The standard InChI is InChI=1S/C20H23N5O2/c26-20(25-13-3-7-17(25)15-24-12-4-10-23-24)22-11-14-27-18-8-1-5-16-6-2-9-21-19(16)18/h1-2,4-6,8-10,12,17H,3,7,11,13-15H2,(H,22,26)/t17-/m1/s1. The lowest BCUT2D eigenvalue weighted by Gasteiger charge is -2.25. The van der Waals surface area contributed by atoms with Gasteiger partial charge in [-0.3, -0.25) is 9.67 Å². The van der Waals surface area contributed by atoms with E-state index in [2.05, 4.69) is 15.4 Å². The molecule has 3 aromatic rings. The van der Waals surface area contributed by atoms with E-state index in [0.717, 1.165) is 42.6 Å². The average Bonchev–Trinajstić information content (AvgIpc) is 3.37. The number of urea groups is 1. The fraction of sp³-hybridized carbons (Fsp3) is 0.350. The van der Waals surface area contributed by atoms with Gasteiger partial charge in [0.25, 0.3) is 0 Å². The van der Waals surface area contributed by atoms with Gasteiger partial charge in [0.2, 0.25) is 0 Å². The second-order valence-electron chi connectivity index (χ2n) is 6.63. The number of ether oxygens (including phenoxy) is 1. The molecule has 1 N–H and O–H groups in total. The van der Waals surface area contributed by atoms with Crippen LogP contribution in [0.4, 0.5) is 4.79 Å². The van der Waals surface area contributed by atoms with Crippen LogP contribution < -0.4 is 10.1 Å². The van der Waals surface area contributed by atoms with E-state index in [1.807, 2.05) is 52.2 Å². The quantitative estimate of drug-likeness (QED) is 0.682. The Hall–Kier alpha value is -3.09. The van der Waals surface area contributed by atoms with E-state index in [9.17, 15) is 4.79 Å². The number of carbonyl (C=O) groups is 1. The van der Waals surface area contributed by atoms with Crippen LogP contribution in [0.2, 0.25) is 0 Å².